The lowest BCUT2D eigenvalue weighted by atomic mass is 10.3. The van der Waals surface area contributed by atoms with Gasteiger partial charge in [0.2, 0.25) is 0 Å². The summed E-state index contributed by atoms with van der Waals surface area (Å²) in [6.07, 6.45) is -0.782. The molecule has 0 aliphatic heterocycles. The smallest absolute Gasteiger partial charge is 0.143 e. The number of halogens is 2. The van der Waals surface area contributed by atoms with Crippen LogP contribution in [-0.2, 0) is 0 Å². The lowest BCUT2D eigenvalue weighted by Crippen LogP contribution is -2.23. The zero-order chi connectivity index (χ0) is 6.08. The van der Waals surface area contributed by atoms with E-state index in [1.165, 1.54) is 6.92 Å². The van der Waals surface area contributed by atoms with Crippen molar-refractivity contribution in [2.75, 3.05) is 0 Å². The first-order valence-corrected chi connectivity index (χ1v) is 2.61. The summed E-state index contributed by atoms with van der Waals surface area (Å²) in [6.45, 7) is 4.73. The third kappa shape index (κ3) is 3.15. The summed E-state index contributed by atoms with van der Waals surface area (Å²) in [4.78, 5) is 0. The highest BCUT2D eigenvalue weighted by atomic mass is 35.5. The number of aliphatic hydroxyl groups excluding tert-OH is 1. The second-order valence-electron chi connectivity index (χ2n) is 1.44. The largest absolute Gasteiger partial charge is 0.390 e. The summed E-state index contributed by atoms with van der Waals surface area (Å²) >= 11 is 10.5. The molecule has 0 heterocycles. The molecule has 0 saturated carbocycles. The minimum Gasteiger partial charge on any atom is -0.390 e. The topological polar surface area (TPSA) is 20.2 Å². The Bertz CT molecular complexity index is 55.2. The van der Waals surface area contributed by atoms with Gasteiger partial charge in [-0.05, 0) is 13.8 Å². The van der Waals surface area contributed by atoms with Crippen LogP contribution in [0.1, 0.15) is 6.92 Å². The number of hydrogen-bond donors (Lipinski definition) is 1. The fraction of sp³-hybridized carbons (Fsp3) is 0.750. The van der Waals surface area contributed by atoms with Crippen LogP contribution in [0.2, 0.25) is 0 Å². The summed E-state index contributed by atoms with van der Waals surface area (Å²) in [7, 11) is 0. The molecule has 1 unspecified atom stereocenters. The first kappa shape index (κ1) is 7.54. The Hall–Kier alpha value is 0.540. The van der Waals surface area contributed by atoms with Gasteiger partial charge in [0.05, 0.1) is 6.10 Å². The maximum Gasteiger partial charge on any atom is 0.143 e. The standard InChI is InChI=1S/C4H7Cl2O/c1-3(7)4(2,5)6/h3,7H,2H2,1H3. The van der Waals surface area contributed by atoms with Crippen LogP contribution in [0.25, 0.3) is 0 Å². The van der Waals surface area contributed by atoms with Crippen molar-refractivity contribution in [1.29, 1.82) is 0 Å². The molecule has 1 nitrogen and oxygen atoms in total. The molecule has 1 radical (unpaired) electrons. The SMILES string of the molecule is [CH2]C(Cl)(Cl)C(C)O. The zero-order valence-electron chi connectivity index (χ0n) is 3.99. The van der Waals surface area contributed by atoms with E-state index in [-0.39, 0.29) is 0 Å². The first-order chi connectivity index (χ1) is 2.94. The number of alkyl halides is 2. The minimum absolute atomic E-state index is 0.782. The van der Waals surface area contributed by atoms with Gasteiger partial charge in [-0.25, -0.2) is 0 Å². The van der Waals surface area contributed by atoms with E-state index in [2.05, 4.69) is 6.92 Å². The predicted octanol–water partition coefficient (Wildman–Crippen LogP) is 1.38. The molecule has 1 N–H and O–H groups in total. The van der Waals surface area contributed by atoms with Gasteiger partial charge in [-0.15, -0.1) is 0 Å². The lowest BCUT2D eigenvalue weighted by Gasteiger charge is -2.14. The molecule has 0 fully saturated rings. The van der Waals surface area contributed by atoms with Crippen molar-refractivity contribution < 1.29 is 5.11 Å². The van der Waals surface area contributed by atoms with E-state index < -0.39 is 10.4 Å². The normalized spacial score (nSPS) is 16.7. The monoisotopic (exact) mass is 141 g/mol. The predicted molar refractivity (Wildman–Crippen MR) is 31.5 cm³/mol. The lowest BCUT2D eigenvalue weighted by molar-refractivity contribution is 0.189. The van der Waals surface area contributed by atoms with E-state index in [4.69, 9.17) is 28.3 Å². The molecule has 0 aromatic heterocycles. The molecule has 0 aliphatic rings. The summed E-state index contributed by atoms with van der Waals surface area (Å²) < 4.78 is -1.25. The molecular formula is C4H7Cl2O. The Kier molecular flexibility index (Phi) is 2.38. The Labute approximate surface area is 53.2 Å². The van der Waals surface area contributed by atoms with Crippen molar-refractivity contribution in [3.8, 4) is 0 Å². The molecule has 0 aliphatic carbocycles. The summed E-state index contributed by atoms with van der Waals surface area (Å²) in [6, 6.07) is 0. The van der Waals surface area contributed by atoms with Crippen molar-refractivity contribution in [3.63, 3.8) is 0 Å². The van der Waals surface area contributed by atoms with Crippen molar-refractivity contribution in [2.45, 2.75) is 17.4 Å². The van der Waals surface area contributed by atoms with E-state index in [0.29, 0.717) is 0 Å². The molecule has 0 saturated heterocycles. The van der Waals surface area contributed by atoms with Gasteiger partial charge >= 0.3 is 0 Å². The van der Waals surface area contributed by atoms with Gasteiger partial charge in [-0.3, -0.25) is 0 Å². The van der Waals surface area contributed by atoms with Crippen molar-refractivity contribution in [2.24, 2.45) is 0 Å². The van der Waals surface area contributed by atoms with Gasteiger partial charge in [-0.1, -0.05) is 23.2 Å². The third-order valence-corrected chi connectivity index (χ3v) is 1.24. The molecule has 0 amide bonds. The summed E-state index contributed by atoms with van der Waals surface area (Å²) in [5, 5.41) is 8.56. The quantitative estimate of drug-likeness (QED) is 0.548. The van der Waals surface area contributed by atoms with Crippen LogP contribution in [-0.4, -0.2) is 15.5 Å². The van der Waals surface area contributed by atoms with E-state index in [9.17, 15) is 0 Å². The molecule has 43 valence electrons. The highest BCUT2D eigenvalue weighted by Crippen LogP contribution is 2.22. The molecule has 0 aromatic rings. The molecule has 0 aromatic carbocycles. The molecule has 3 heteroatoms. The van der Waals surface area contributed by atoms with Crippen LogP contribution in [0.5, 0.6) is 0 Å². The second-order valence-corrected chi connectivity index (χ2v) is 2.98. The third-order valence-electron chi connectivity index (χ3n) is 0.611. The van der Waals surface area contributed by atoms with Crippen molar-refractivity contribution >= 4 is 23.2 Å². The Morgan fingerprint density at radius 3 is 1.86 bits per heavy atom. The maximum atomic E-state index is 8.56. The van der Waals surface area contributed by atoms with Crippen LogP contribution in [0, 0.1) is 6.92 Å². The Morgan fingerprint density at radius 2 is 1.86 bits per heavy atom. The Balaban J connectivity index is 3.54. The minimum atomic E-state index is -1.25. The Morgan fingerprint density at radius 1 is 1.71 bits per heavy atom. The fourth-order valence-electron chi connectivity index (χ4n) is 0. The number of rotatable bonds is 1. The highest BCUT2D eigenvalue weighted by molar-refractivity contribution is 6.49. The van der Waals surface area contributed by atoms with E-state index >= 15 is 0 Å². The molecular weight excluding hydrogens is 135 g/mol. The van der Waals surface area contributed by atoms with Gasteiger partial charge in [-0.2, -0.15) is 0 Å². The van der Waals surface area contributed by atoms with Gasteiger partial charge in [0.25, 0.3) is 0 Å². The van der Waals surface area contributed by atoms with Gasteiger partial charge in [0.15, 0.2) is 0 Å². The van der Waals surface area contributed by atoms with Crippen LogP contribution < -0.4 is 0 Å². The van der Waals surface area contributed by atoms with Gasteiger partial charge in [0, 0.05) is 0 Å². The van der Waals surface area contributed by atoms with Crippen molar-refractivity contribution in [1.82, 2.24) is 0 Å². The molecule has 0 bridgehead atoms. The average molecular weight is 142 g/mol. The molecule has 1 atom stereocenters. The molecule has 0 spiro atoms. The van der Waals surface area contributed by atoms with Crippen LogP contribution in [0.3, 0.4) is 0 Å². The zero-order valence-corrected chi connectivity index (χ0v) is 5.50. The fourth-order valence-corrected chi connectivity index (χ4v) is 0. The van der Waals surface area contributed by atoms with Crippen LogP contribution in [0.15, 0.2) is 0 Å². The van der Waals surface area contributed by atoms with Crippen LogP contribution in [0.4, 0.5) is 0 Å². The average Bonchev–Trinajstić information content (AvgIpc) is 1.31. The molecule has 0 rings (SSSR count). The van der Waals surface area contributed by atoms with E-state index in [0.717, 1.165) is 0 Å². The van der Waals surface area contributed by atoms with Gasteiger partial charge < -0.3 is 5.11 Å². The first-order valence-electron chi connectivity index (χ1n) is 1.86. The number of aliphatic hydroxyl groups is 1. The van der Waals surface area contributed by atoms with Crippen molar-refractivity contribution in [3.05, 3.63) is 6.92 Å². The van der Waals surface area contributed by atoms with Gasteiger partial charge in [0.1, 0.15) is 4.33 Å². The summed E-state index contributed by atoms with van der Waals surface area (Å²) in [5.74, 6) is 0. The highest BCUT2D eigenvalue weighted by Gasteiger charge is 2.22. The number of hydrogen-bond acceptors (Lipinski definition) is 1. The second kappa shape index (κ2) is 2.21. The molecule has 7 heavy (non-hydrogen) atoms. The van der Waals surface area contributed by atoms with E-state index in [1.807, 2.05) is 0 Å². The maximum absolute atomic E-state index is 8.56. The van der Waals surface area contributed by atoms with Crippen LogP contribution >= 0.6 is 23.2 Å². The van der Waals surface area contributed by atoms with E-state index in [1.54, 1.807) is 0 Å². The summed E-state index contributed by atoms with van der Waals surface area (Å²) in [5.41, 5.74) is 0.